The van der Waals surface area contributed by atoms with Crippen LogP contribution in [-0.4, -0.2) is 29.9 Å². The number of hydrogen-bond donors (Lipinski definition) is 1. The highest BCUT2D eigenvalue weighted by atomic mass is 35.5. The summed E-state index contributed by atoms with van der Waals surface area (Å²) in [5, 5.41) is 9.84. The van der Waals surface area contributed by atoms with Crippen LogP contribution >= 0.6 is 23.5 Å². The van der Waals surface area contributed by atoms with Gasteiger partial charge in [-0.3, -0.25) is 4.79 Å². The van der Waals surface area contributed by atoms with Crippen molar-refractivity contribution in [3.63, 3.8) is 0 Å². The van der Waals surface area contributed by atoms with Crippen LogP contribution in [0.15, 0.2) is 53.4 Å². The fourth-order valence-corrected chi connectivity index (χ4v) is 4.51. The van der Waals surface area contributed by atoms with E-state index in [4.69, 9.17) is 16.9 Å². The molecule has 1 N–H and O–H groups in total. The van der Waals surface area contributed by atoms with Crippen LogP contribution in [0, 0.1) is 17.2 Å². The Morgan fingerprint density at radius 1 is 1.28 bits per heavy atom. The van der Waals surface area contributed by atoms with E-state index in [0.29, 0.717) is 17.9 Å². The molecule has 1 amide bonds. The first kappa shape index (κ1) is 21.7. The molecule has 1 heterocycles. The Morgan fingerprint density at radius 3 is 2.76 bits per heavy atom. The Labute approximate surface area is 182 Å². The predicted octanol–water partition coefficient (Wildman–Crippen LogP) is 5.07. The first-order valence-electron chi connectivity index (χ1n) is 10.0. The SMILES string of the molecule is CC1CCN(C(=O)C(CCc2ccccc2Cl)NSc2cccc(C#N)c2)CC1. The Morgan fingerprint density at radius 2 is 2.03 bits per heavy atom. The summed E-state index contributed by atoms with van der Waals surface area (Å²) in [6.07, 6.45) is 3.51. The number of nitriles is 1. The molecule has 4 nitrogen and oxygen atoms in total. The summed E-state index contributed by atoms with van der Waals surface area (Å²) < 4.78 is 3.36. The molecule has 3 rings (SSSR count). The zero-order valence-electron chi connectivity index (χ0n) is 16.6. The molecule has 152 valence electrons. The number of halogens is 1. The van der Waals surface area contributed by atoms with Crippen LogP contribution in [-0.2, 0) is 11.2 Å². The minimum atomic E-state index is -0.310. The van der Waals surface area contributed by atoms with Crippen LogP contribution in [0.4, 0.5) is 0 Å². The second kappa shape index (κ2) is 10.7. The van der Waals surface area contributed by atoms with Gasteiger partial charge >= 0.3 is 0 Å². The molecule has 1 atom stereocenters. The number of amides is 1. The van der Waals surface area contributed by atoms with Gasteiger partial charge < -0.3 is 4.90 Å². The van der Waals surface area contributed by atoms with E-state index in [1.54, 1.807) is 6.07 Å². The molecule has 1 aliphatic rings. The molecule has 0 aromatic heterocycles. The molecule has 1 fully saturated rings. The molecule has 2 aromatic rings. The molecule has 1 aliphatic heterocycles. The van der Waals surface area contributed by atoms with E-state index in [1.165, 1.54) is 11.9 Å². The Bertz CT molecular complexity index is 874. The lowest BCUT2D eigenvalue weighted by molar-refractivity contribution is -0.134. The highest BCUT2D eigenvalue weighted by Crippen LogP contribution is 2.23. The van der Waals surface area contributed by atoms with Crippen molar-refractivity contribution in [3.8, 4) is 6.07 Å². The zero-order valence-corrected chi connectivity index (χ0v) is 18.2. The number of likely N-dealkylation sites (tertiary alicyclic amines) is 1. The standard InChI is InChI=1S/C23H26ClN3OS/c1-17-11-13-27(14-12-17)23(28)22(10-9-19-6-2-3-8-21(19)24)26-29-20-7-4-5-18(15-20)16-25/h2-8,15,17,22,26H,9-14H2,1H3. The van der Waals surface area contributed by atoms with Crippen LogP contribution in [0.3, 0.4) is 0 Å². The maximum Gasteiger partial charge on any atom is 0.240 e. The maximum absolute atomic E-state index is 13.2. The molecule has 0 bridgehead atoms. The summed E-state index contributed by atoms with van der Waals surface area (Å²) in [5.74, 6) is 0.824. The van der Waals surface area contributed by atoms with Gasteiger partial charge in [0, 0.05) is 23.0 Å². The number of benzene rings is 2. The fraction of sp³-hybridized carbons (Fsp3) is 0.391. The maximum atomic E-state index is 13.2. The number of carbonyl (C=O) groups is 1. The summed E-state index contributed by atoms with van der Waals surface area (Å²) in [5.41, 5.74) is 1.67. The van der Waals surface area contributed by atoms with Gasteiger partial charge in [-0.25, -0.2) is 4.72 Å². The van der Waals surface area contributed by atoms with E-state index < -0.39 is 0 Å². The molecule has 2 aromatic carbocycles. The van der Waals surface area contributed by atoms with Gasteiger partial charge in [0.1, 0.15) is 0 Å². The second-order valence-corrected chi connectivity index (χ2v) is 8.87. The topological polar surface area (TPSA) is 56.1 Å². The first-order valence-corrected chi connectivity index (χ1v) is 11.2. The summed E-state index contributed by atoms with van der Waals surface area (Å²) in [7, 11) is 0. The van der Waals surface area contributed by atoms with Crippen molar-refractivity contribution in [3.05, 3.63) is 64.7 Å². The molecule has 29 heavy (non-hydrogen) atoms. The largest absolute Gasteiger partial charge is 0.341 e. The monoisotopic (exact) mass is 427 g/mol. The number of carbonyl (C=O) groups excluding carboxylic acids is 1. The summed E-state index contributed by atoms with van der Waals surface area (Å²) in [6.45, 7) is 3.88. The minimum Gasteiger partial charge on any atom is -0.341 e. The van der Waals surface area contributed by atoms with E-state index >= 15 is 0 Å². The zero-order chi connectivity index (χ0) is 20.6. The highest BCUT2D eigenvalue weighted by Gasteiger charge is 2.27. The molecular formula is C23H26ClN3OS. The third kappa shape index (κ3) is 6.24. The minimum absolute atomic E-state index is 0.146. The quantitative estimate of drug-likeness (QED) is 0.627. The Kier molecular flexibility index (Phi) is 8.00. The van der Waals surface area contributed by atoms with Crippen LogP contribution < -0.4 is 4.72 Å². The van der Waals surface area contributed by atoms with Gasteiger partial charge in [0.05, 0.1) is 17.7 Å². The van der Waals surface area contributed by atoms with E-state index in [2.05, 4.69) is 17.7 Å². The van der Waals surface area contributed by atoms with Gasteiger partial charge in [-0.05, 0) is 73.4 Å². The van der Waals surface area contributed by atoms with Gasteiger partial charge in [0.2, 0.25) is 5.91 Å². The van der Waals surface area contributed by atoms with Crippen LogP contribution in [0.5, 0.6) is 0 Å². The average Bonchev–Trinajstić information content (AvgIpc) is 2.75. The van der Waals surface area contributed by atoms with Crippen molar-refractivity contribution in [1.82, 2.24) is 9.62 Å². The third-order valence-electron chi connectivity index (χ3n) is 5.34. The lowest BCUT2D eigenvalue weighted by Crippen LogP contribution is -2.47. The number of aryl methyl sites for hydroxylation is 1. The average molecular weight is 428 g/mol. The van der Waals surface area contributed by atoms with Gasteiger partial charge in [-0.2, -0.15) is 5.26 Å². The normalized spacial score (nSPS) is 15.7. The van der Waals surface area contributed by atoms with Crippen molar-refractivity contribution in [2.75, 3.05) is 13.1 Å². The van der Waals surface area contributed by atoms with Gasteiger partial charge in [-0.15, -0.1) is 0 Å². The summed E-state index contributed by atoms with van der Waals surface area (Å²) in [4.78, 5) is 16.1. The lowest BCUT2D eigenvalue weighted by Gasteiger charge is -2.33. The smallest absolute Gasteiger partial charge is 0.240 e. The van der Waals surface area contributed by atoms with E-state index in [9.17, 15) is 4.79 Å². The molecule has 0 spiro atoms. The molecule has 0 saturated carbocycles. The number of rotatable bonds is 7. The van der Waals surface area contributed by atoms with Crippen LogP contribution in [0.2, 0.25) is 5.02 Å². The van der Waals surface area contributed by atoms with Gasteiger partial charge in [0.25, 0.3) is 0 Å². The molecule has 0 aliphatic carbocycles. The van der Waals surface area contributed by atoms with E-state index in [-0.39, 0.29) is 11.9 Å². The second-order valence-electron chi connectivity index (χ2n) is 7.55. The van der Waals surface area contributed by atoms with Crippen molar-refractivity contribution in [2.45, 2.75) is 43.5 Å². The summed E-state index contributed by atoms with van der Waals surface area (Å²) >= 11 is 7.72. The molecule has 6 heteroatoms. The molecule has 1 unspecified atom stereocenters. The van der Waals surface area contributed by atoms with Crippen molar-refractivity contribution in [2.24, 2.45) is 5.92 Å². The van der Waals surface area contributed by atoms with Crippen LogP contribution in [0.1, 0.15) is 37.3 Å². The Balaban J connectivity index is 1.68. The predicted molar refractivity (Wildman–Crippen MR) is 119 cm³/mol. The van der Waals surface area contributed by atoms with Crippen molar-refractivity contribution in [1.29, 1.82) is 5.26 Å². The fourth-order valence-electron chi connectivity index (χ4n) is 3.45. The number of piperidine rings is 1. The number of nitrogens with one attached hydrogen (secondary N) is 1. The highest BCUT2D eigenvalue weighted by molar-refractivity contribution is 7.97. The molecule has 1 saturated heterocycles. The number of nitrogens with zero attached hydrogens (tertiary/aromatic N) is 2. The van der Waals surface area contributed by atoms with Crippen molar-refractivity contribution >= 4 is 29.5 Å². The van der Waals surface area contributed by atoms with E-state index in [0.717, 1.165) is 47.8 Å². The Hall–Kier alpha value is -2.00. The van der Waals surface area contributed by atoms with Gasteiger partial charge in [0.15, 0.2) is 0 Å². The van der Waals surface area contributed by atoms with Gasteiger partial charge in [-0.1, -0.05) is 42.8 Å². The third-order valence-corrected chi connectivity index (χ3v) is 6.60. The molecular weight excluding hydrogens is 402 g/mol. The molecule has 0 radical (unpaired) electrons. The van der Waals surface area contributed by atoms with E-state index in [1.807, 2.05) is 47.4 Å². The lowest BCUT2D eigenvalue weighted by atomic mass is 9.98. The number of hydrogen-bond acceptors (Lipinski definition) is 4. The first-order chi connectivity index (χ1) is 14.1. The van der Waals surface area contributed by atoms with Crippen LogP contribution in [0.25, 0.3) is 0 Å². The summed E-state index contributed by atoms with van der Waals surface area (Å²) in [6, 6.07) is 17.0. The van der Waals surface area contributed by atoms with Crippen molar-refractivity contribution < 1.29 is 4.79 Å².